The van der Waals surface area contributed by atoms with E-state index in [4.69, 9.17) is 9.47 Å². The van der Waals surface area contributed by atoms with Crippen LogP contribution in [0.5, 0.6) is 0 Å². The first kappa shape index (κ1) is 22.2. The molecule has 30 heavy (non-hydrogen) atoms. The zero-order valence-corrected chi connectivity index (χ0v) is 18.1. The Balaban J connectivity index is 1.46. The maximum absolute atomic E-state index is 13.8. The predicted octanol–water partition coefficient (Wildman–Crippen LogP) is 4.26. The van der Waals surface area contributed by atoms with Crippen LogP contribution in [0.4, 0.5) is 4.39 Å². The zero-order valence-electron chi connectivity index (χ0n) is 18.1. The molecule has 1 aliphatic rings. The Morgan fingerprint density at radius 2 is 1.87 bits per heavy atom. The van der Waals surface area contributed by atoms with E-state index >= 15 is 0 Å². The number of halogens is 1. The molecular formula is C24H32FN3O2. The summed E-state index contributed by atoms with van der Waals surface area (Å²) in [7, 11) is 1.73. The standard InChI is InChI=1S/C24H32FN3O2/c1-17-4-9-21(14-23(17)25)18(2)28-24(26-3)27-15-19-5-7-20(8-6-19)16-30-22-10-12-29-13-11-22/h4-9,14,18,22H,10-13,15-16H2,1-3H3,(H2,26,27,28). The number of guanidine groups is 1. The average molecular weight is 414 g/mol. The van der Waals surface area contributed by atoms with Gasteiger partial charge >= 0.3 is 0 Å². The average Bonchev–Trinajstić information content (AvgIpc) is 2.78. The van der Waals surface area contributed by atoms with E-state index in [1.165, 1.54) is 5.56 Å². The van der Waals surface area contributed by atoms with Crippen LogP contribution in [-0.2, 0) is 22.6 Å². The van der Waals surface area contributed by atoms with Crippen molar-refractivity contribution in [2.45, 2.75) is 52.0 Å². The lowest BCUT2D eigenvalue weighted by molar-refractivity contribution is -0.0390. The molecule has 0 radical (unpaired) electrons. The van der Waals surface area contributed by atoms with Crippen LogP contribution in [0.3, 0.4) is 0 Å². The molecule has 0 amide bonds. The summed E-state index contributed by atoms with van der Waals surface area (Å²) in [4.78, 5) is 4.28. The molecule has 0 aromatic heterocycles. The van der Waals surface area contributed by atoms with E-state index in [1.54, 1.807) is 26.1 Å². The summed E-state index contributed by atoms with van der Waals surface area (Å²) in [5.74, 6) is 0.486. The van der Waals surface area contributed by atoms with Gasteiger partial charge in [0.1, 0.15) is 5.82 Å². The molecule has 2 aromatic carbocycles. The largest absolute Gasteiger partial charge is 0.381 e. The Labute approximate surface area is 178 Å². The SMILES string of the molecule is CN=C(NCc1ccc(COC2CCOCC2)cc1)NC(C)c1ccc(C)c(F)c1. The van der Waals surface area contributed by atoms with Crippen molar-refractivity contribution in [1.82, 2.24) is 10.6 Å². The number of benzene rings is 2. The number of nitrogens with one attached hydrogen (secondary N) is 2. The molecule has 1 unspecified atom stereocenters. The van der Waals surface area contributed by atoms with Crippen LogP contribution in [-0.4, -0.2) is 32.3 Å². The van der Waals surface area contributed by atoms with Crippen LogP contribution in [0, 0.1) is 12.7 Å². The summed E-state index contributed by atoms with van der Waals surface area (Å²) in [5.41, 5.74) is 3.86. The molecule has 1 aliphatic heterocycles. The number of rotatable bonds is 7. The van der Waals surface area contributed by atoms with Crippen molar-refractivity contribution >= 4 is 5.96 Å². The molecule has 1 atom stereocenters. The third-order valence-electron chi connectivity index (χ3n) is 5.41. The van der Waals surface area contributed by atoms with Gasteiger partial charge in [-0.25, -0.2) is 4.39 Å². The summed E-state index contributed by atoms with van der Waals surface area (Å²) in [5, 5.41) is 6.63. The molecule has 0 saturated carbocycles. The highest BCUT2D eigenvalue weighted by Gasteiger charge is 2.14. The Hall–Kier alpha value is -2.44. The highest BCUT2D eigenvalue weighted by molar-refractivity contribution is 5.80. The van der Waals surface area contributed by atoms with Gasteiger partial charge in [0.05, 0.1) is 18.8 Å². The van der Waals surface area contributed by atoms with E-state index in [0.29, 0.717) is 30.8 Å². The van der Waals surface area contributed by atoms with Gasteiger partial charge in [-0.3, -0.25) is 4.99 Å². The molecule has 2 aromatic rings. The van der Waals surface area contributed by atoms with E-state index in [9.17, 15) is 4.39 Å². The van der Waals surface area contributed by atoms with Crippen LogP contribution in [0.25, 0.3) is 0 Å². The van der Waals surface area contributed by atoms with Crippen LogP contribution in [0.2, 0.25) is 0 Å². The van der Waals surface area contributed by atoms with E-state index < -0.39 is 0 Å². The molecule has 5 nitrogen and oxygen atoms in total. The Bertz CT molecular complexity index is 833. The second-order valence-corrected chi connectivity index (χ2v) is 7.74. The van der Waals surface area contributed by atoms with E-state index in [1.807, 2.05) is 13.0 Å². The Morgan fingerprint density at radius 1 is 1.17 bits per heavy atom. The zero-order chi connectivity index (χ0) is 21.3. The number of aryl methyl sites for hydroxylation is 1. The van der Waals surface area contributed by atoms with Crippen molar-refractivity contribution in [3.8, 4) is 0 Å². The third-order valence-corrected chi connectivity index (χ3v) is 5.41. The Kier molecular flexibility index (Phi) is 8.22. The lowest BCUT2D eigenvalue weighted by Crippen LogP contribution is -2.38. The first-order valence-electron chi connectivity index (χ1n) is 10.6. The van der Waals surface area contributed by atoms with Crippen molar-refractivity contribution in [3.63, 3.8) is 0 Å². The lowest BCUT2D eigenvalue weighted by Gasteiger charge is -2.22. The number of hydrogen-bond acceptors (Lipinski definition) is 3. The van der Waals surface area contributed by atoms with Gasteiger partial charge in [-0.05, 0) is 55.0 Å². The summed E-state index contributed by atoms with van der Waals surface area (Å²) in [6, 6.07) is 13.6. The quantitative estimate of drug-likeness (QED) is 0.526. The topological polar surface area (TPSA) is 54.9 Å². The van der Waals surface area contributed by atoms with Crippen molar-refractivity contribution < 1.29 is 13.9 Å². The monoisotopic (exact) mass is 413 g/mol. The highest BCUT2D eigenvalue weighted by Crippen LogP contribution is 2.16. The summed E-state index contributed by atoms with van der Waals surface area (Å²) in [6.07, 6.45) is 2.25. The van der Waals surface area contributed by atoms with Gasteiger partial charge in [0, 0.05) is 26.8 Å². The minimum atomic E-state index is -0.190. The maximum Gasteiger partial charge on any atom is 0.191 e. The number of hydrogen-bond donors (Lipinski definition) is 2. The molecule has 0 bridgehead atoms. The fraction of sp³-hybridized carbons (Fsp3) is 0.458. The predicted molar refractivity (Wildman–Crippen MR) is 118 cm³/mol. The van der Waals surface area contributed by atoms with Crippen molar-refractivity contribution in [2.24, 2.45) is 4.99 Å². The van der Waals surface area contributed by atoms with Gasteiger partial charge < -0.3 is 20.1 Å². The third kappa shape index (κ3) is 6.54. The van der Waals surface area contributed by atoms with E-state index in [0.717, 1.165) is 37.2 Å². The van der Waals surface area contributed by atoms with Gasteiger partial charge in [0.15, 0.2) is 5.96 Å². The van der Waals surface area contributed by atoms with Crippen LogP contribution < -0.4 is 10.6 Å². The van der Waals surface area contributed by atoms with E-state index in [-0.39, 0.29) is 11.9 Å². The number of nitrogens with zero attached hydrogens (tertiary/aromatic N) is 1. The van der Waals surface area contributed by atoms with Crippen molar-refractivity contribution in [2.75, 3.05) is 20.3 Å². The van der Waals surface area contributed by atoms with Crippen LogP contribution >= 0.6 is 0 Å². The second-order valence-electron chi connectivity index (χ2n) is 7.74. The molecule has 0 spiro atoms. The molecule has 2 N–H and O–H groups in total. The fourth-order valence-electron chi connectivity index (χ4n) is 3.36. The van der Waals surface area contributed by atoms with Gasteiger partial charge in [-0.2, -0.15) is 0 Å². The lowest BCUT2D eigenvalue weighted by atomic mass is 10.1. The molecule has 0 aliphatic carbocycles. The van der Waals surface area contributed by atoms with Crippen LogP contribution in [0.1, 0.15) is 48.1 Å². The molecule has 1 fully saturated rings. The summed E-state index contributed by atoms with van der Waals surface area (Å²) >= 11 is 0. The molecule has 6 heteroatoms. The molecular weight excluding hydrogens is 381 g/mol. The van der Waals surface area contributed by atoms with Crippen LogP contribution in [0.15, 0.2) is 47.5 Å². The van der Waals surface area contributed by atoms with Gasteiger partial charge in [0.2, 0.25) is 0 Å². The minimum absolute atomic E-state index is 0.0592. The first-order chi connectivity index (χ1) is 14.5. The van der Waals surface area contributed by atoms with Gasteiger partial charge in [-0.1, -0.05) is 36.4 Å². The molecule has 1 saturated heterocycles. The number of ether oxygens (including phenoxy) is 2. The smallest absolute Gasteiger partial charge is 0.191 e. The van der Waals surface area contributed by atoms with Crippen molar-refractivity contribution in [1.29, 1.82) is 0 Å². The fourth-order valence-corrected chi connectivity index (χ4v) is 3.36. The minimum Gasteiger partial charge on any atom is -0.381 e. The first-order valence-corrected chi connectivity index (χ1v) is 10.6. The van der Waals surface area contributed by atoms with Gasteiger partial charge in [0.25, 0.3) is 0 Å². The summed E-state index contributed by atoms with van der Waals surface area (Å²) in [6.45, 7) is 6.62. The maximum atomic E-state index is 13.8. The molecule has 162 valence electrons. The second kappa shape index (κ2) is 11.1. The Morgan fingerprint density at radius 3 is 2.53 bits per heavy atom. The molecule has 3 rings (SSSR count). The normalized spacial score (nSPS) is 16.3. The summed E-state index contributed by atoms with van der Waals surface area (Å²) < 4.78 is 25.2. The van der Waals surface area contributed by atoms with Crippen molar-refractivity contribution in [3.05, 3.63) is 70.5 Å². The highest BCUT2D eigenvalue weighted by atomic mass is 19.1. The molecule has 1 heterocycles. The number of aliphatic imine (C=N–C) groups is 1. The van der Waals surface area contributed by atoms with E-state index in [2.05, 4.69) is 39.9 Å². The van der Waals surface area contributed by atoms with Gasteiger partial charge in [-0.15, -0.1) is 0 Å².